The van der Waals surface area contributed by atoms with E-state index in [-0.39, 0.29) is 6.10 Å². The fraction of sp³-hybridized carbons (Fsp3) is 0.400. The van der Waals surface area contributed by atoms with Crippen molar-refractivity contribution in [1.29, 1.82) is 0 Å². The first-order valence-corrected chi connectivity index (χ1v) is 6.56. The topological polar surface area (TPSA) is 38.5 Å². The maximum absolute atomic E-state index is 5.97. The molecule has 0 atom stereocenters. The molecule has 0 N–H and O–H groups in total. The zero-order valence-corrected chi connectivity index (χ0v) is 11.3. The number of likely N-dealkylation sites (tertiary alicyclic amines) is 1. The van der Waals surface area contributed by atoms with Gasteiger partial charge in [0.1, 0.15) is 18.1 Å². The maximum atomic E-state index is 5.97. The minimum absolute atomic E-state index is 0.286. The Balaban J connectivity index is 1.49. The minimum atomic E-state index is 0.286. The van der Waals surface area contributed by atoms with E-state index in [1.54, 1.807) is 6.26 Å². The molecular formula is C15H18N2O2. The summed E-state index contributed by atoms with van der Waals surface area (Å²) >= 11 is 0. The van der Waals surface area contributed by atoms with Gasteiger partial charge in [0.05, 0.1) is 5.69 Å². The summed E-state index contributed by atoms with van der Waals surface area (Å²) in [6.45, 7) is 6.67. The predicted octanol–water partition coefficient (Wildman–Crippen LogP) is 2.55. The van der Waals surface area contributed by atoms with Crippen LogP contribution < -0.4 is 4.74 Å². The van der Waals surface area contributed by atoms with Crippen molar-refractivity contribution < 1.29 is 9.15 Å². The molecule has 0 aliphatic carbocycles. The minimum Gasteiger partial charge on any atom is -0.487 e. The summed E-state index contributed by atoms with van der Waals surface area (Å²) in [5.41, 5.74) is 2.18. The Morgan fingerprint density at radius 2 is 2.11 bits per heavy atom. The number of nitrogens with zero attached hydrogens (tertiary/aromatic N) is 2. The third kappa shape index (κ3) is 2.79. The van der Waals surface area contributed by atoms with Crippen LogP contribution in [0.3, 0.4) is 0 Å². The number of aryl methyl sites for hydroxylation is 2. The van der Waals surface area contributed by atoms with Crippen LogP contribution in [0.5, 0.6) is 5.75 Å². The first-order valence-electron chi connectivity index (χ1n) is 6.56. The quantitative estimate of drug-likeness (QED) is 0.844. The van der Waals surface area contributed by atoms with E-state index >= 15 is 0 Å². The van der Waals surface area contributed by atoms with Crippen molar-refractivity contribution in [2.75, 3.05) is 13.1 Å². The molecule has 3 rings (SSSR count). The van der Waals surface area contributed by atoms with Crippen LogP contribution in [-0.2, 0) is 6.54 Å². The van der Waals surface area contributed by atoms with Crippen molar-refractivity contribution >= 4 is 0 Å². The van der Waals surface area contributed by atoms with Gasteiger partial charge in [-0.3, -0.25) is 4.90 Å². The lowest BCUT2D eigenvalue weighted by Crippen LogP contribution is -2.53. The van der Waals surface area contributed by atoms with Crippen LogP contribution in [0.25, 0.3) is 0 Å². The highest BCUT2D eigenvalue weighted by Gasteiger charge is 2.29. The summed E-state index contributed by atoms with van der Waals surface area (Å²) in [6, 6.07) is 8.14. The molecule has 0 spiro atoms. The average molecular weight is 258 g/mol. The molecule has 1 saturated heterocycles. The van der Waals surface area contributed by atoms with E-state index in [2.05, 4.69) is 22.9 Å². The van der Waals surface area contributed by atoms with Gasteiger partial charge in [0.25, 0.3) is 0 Å². The number of rotatable bonds is 4. The van der Waals surface area contributed by atoms with Crippen LogP contribution in [-0.4, -0.2) is 29.1 Å². The molecule has 4 heteroatoms. The summed E-state index contributed by atoms with van der Waals surface area (Å²) in [4.78, 5) is 6.61. The van der Waals surface area contributed by atoms with Gasteiger partial charge in [-0.25, -0.2) is 4.98 Å². The maximum Gasteiger partial charge on any atom is 0.191 e. The summed E-state index contributed by atoms with van der Waals surface area (Å²) in [7, 11) is 0. The molecule has 1 aromatic carbocycles. The second kappa shape index (κ2) is 5.05. The molecule has 0 saturated carbocycles. The van der Waals surface area contributed by atoms with E-state index in [0.717, 1.165) is 37.0 Å². The smallest absolute Gasteiger partial charge is 0.191 e. The van der Waals surface area contributed by atoms with E-state index in [9.17, 15) is 0 Å². The van der Waals surface area contributed by atoms with Gasteiger partial charge in [-0.15, -0.1) is 0 Å². The standard InChI is InChI=1S/C15H18N2O2/c1-11-5-3-4-6-15(11)19-14-8-17(9-14)7-13-10-18-12(2)16-13/h3-6,10,14H,7-9H2,1-2H3. The molecule has 0 unspecified atom stereocenters. The van der Waals surface area contributed by atoms with Gasteiger partial charge in [-0.05, 0) is 18.6 Å². The Hall–Kier alpha value is -1.81. The second-order valence-electron chi connectivity index (χ2n) is 5.06. The van der Waals surface area contributed by atoms with Gasteiger partial charge in [-0.2, -0.15) is 0 Å². The van der Waals surface area contributed by atoms with Gasteiger partial charge in [0, 0.05) is 26.6 Å². The molecule has 4 nitrogen and oxygen atoms in total. The number of oxazole rings is 1. The van der Waals surface area contributed by atoms with Crippen molar-refractivity contribution in [2.45, 2.75) is 26.5 Å². The lowest BCUT2D eigenvalue weighted by Gasteiger charge is -2.38. The van der Waals surface area contributed by atoms with Crippen LogP contribution in [0.4, 0.5) is 0 Å². The lowest BCUT2D eigenvalue weighted by atomic mass is 10.1. The van der Waals surface area contributed by atoms with Gasteiger partial charge in [0.2, 0.25) is 0 Å². The highest BCUT2D eigenvalue weighted by Crippen LogP contribution is 2.22. The van der Waals surface area contributed by atoms with E-state index in [4.69, 9.17) is 9.15 Å². The molecule has 2 aromatic rings. The number of ether oxygens (including phenoxy) is 1. The highest BCUT2D eigenvalue weighted by molar-refractivity contribution is 5.32. The van der Waals surface area contributed by atoms with Gasteiger partial charge in [-0.1, -0.05) is 18.2 Å². The molecule has 100 valence electrons. The molecule has 0 radical (unpaired) electrons. The number of hydrogen-bond donors (Lipinski definition) is 0. The zero-order chi connectivity index (χ0) is 13.2. The number of aromatic nitrogens is 1. The third-order valence-corrected chi connectivity index (χ3v) is 3.36. The molecular weight excluding hydrogens is 240 g/mol. The Labute approximate surface area is 113 Å². The van der Waals surface area contributed by atoms with Gasteiger partial charge < -0.3 is 9.15 Å². The predicted molar refractivity (Wildman–Crippen MR) is 72.1 cm³/mol. The zero-order valence-electron chi connectivity index (χ0n) is 11.3. The fourth-order valence-corrected chi connectivity index (χ4v) is 2.30. The molecule has 19 heavy (non-hydrogen) atoms. The molecule has 0 amide bonds. The summed E-state index contributed by atoms with van der Waals surface area (Å²) in [5, 5.41) is 0. The van der Waals surface area contributed by atoms with Crippen molar-refractivity contribution in [1.82, 2.24) is 9.88 Å². The van der Waals surface area contributed by atoms with E-state index in [0.29, 0.717) is 0 Å². The normalized spacial score (nSPS) is 16.3. The van der Waals surface area contributed by atoms with Crippen LogP contribution in [0.15, 0.2) is 34.9 Å². The van der Waals surface area contributed by atoms with Gasteiger partial charge in [0.15, 0.2) is 5.89 Å². The van der Waals surface area contributed by atoms with Crippen LogP contribution in [0.1, 0.15) is 17.1 Å². The lowest BCUT2D eigenvalue weighted by molar-refractivity contribution is 0.0134. The Morgan fingerprint density at radius 1 is 1.32 bits per heavy atom. The second-order valence-corrected chi connectivity index (χ2v) is 5.06. The largest absolute Gasteiger partial charge is 0.487 e. The van der Waals surface area contributed by atoms with Crippen LogP contribution in [0.2, 0.25) is 0 Å². The summed E-state index contributed by atoms with van der Waals surface area (Å²) in [6.07, 6.45) is 2.01. The summed E-state index contributed by atoms with van der Waals surface area (Å²) in [5.74, 6) is 1.72. The Morgan fingerprint density at radius 3 is 2.79 bits per heavy atom. The average Bonchev–Trinajstić information content (AvgIpc) is 2.75. The Kier molecular flexibility index (Phi) is 3.25. The molecule has 1 aromatic heterocycles. The first kappa shape index (κ1) is 12.2. The fourth-order valence-electron chi connectivity index (χ4n) is 2.30. The molecule has 0 bridgehead atoms. The monoisotopic (exact) mass is 258 g/mol. The van der Waals surface area contributed by atoms with Crippen molar-refractivity contribution in [3.05, 3.63) is 47.7 Å². The molecule has 1 aliphatic rings. The Bertz CT molecular complexity index is 559. The van der Waals surface area contributed by atoms with Crippen LogP contribution >= 0.6 is 0 Å². The van der Waals surface area contributed by atoms with E-state index in [1.807, 2.05) is 25.1 Å². The number of hydrogen-bond acceptors (Lipinski definition) is 4. The third-order valence-electron chi connectivity index (χ3n) is 3.36. The highest BCUT2D eigenvalue weighted by atomic mass is 16.5. The van der Waals surface area contributed by atoms with Crippen molar-refractivity contribution in [2.24, 2.45) is 0 Å². The summed E-state index contributed by atoms with van der Waals surface area (Å²) < 4.78 is 11.2. The molecule has 1 fully saturated rings. The van der Waals surface area contributed by atoms with E-state index in [1.165, 1.54) is 5.56 Å². The van der Waals surface area contributed by atoms with Crippen molar-refractivity contribution in [3.8, 4) is 5.75 Å². The van der Waals surface area contributed by atoms with Gasteiger partial charge >= 0.3 is 0 Å². The van der Waals surface area contributed by atoms with Crippen LogP contribution in [0, 0.1) is 13.8 Å². The van der Waals surface area contributed by atoms with E-state index < -0.39 is 0 Å². The number of para-hydroxylation sites is 1. The van der Waals surface area contributed by atoms with Crippen molar-refractivity contribution in [3.63, 3.8) is 0 Å². The first-order chi connectivity index (χ1) is 9.20. The SMILES string of the molecule is Cc1nc(CN2CC(Oc3ccccc3C)C2)co1. The molecule has 1 aliphatic heterocycles. The number of benzene rings is 1. The molecule has 2 heterocycles.